The largest absolute Gasteiger partial charge is 0.357 e. The van der Waals surface area contributed by atoms with Gasteiger partial charge in [0.15, 0.2) is 5.13 Å². The molecule has 5 nitrogen and oxygen atoms in total. The number of hydrogen-bond acceptors (Lipinski definition) is 5. The molecule has 4 rings (SSSR count). The van der Waals surface area contributed by atoms with Crippen molar-refractivity contribution in [1.82, 2.24) is 4.98 Å². The number of anilines is 2. The molecule has 0 amide bonds. The van der Waals surface area contributed by atoms with E-state index in [1.807, 2.05) is 30.5 Å². The van der Waals surface area contributed by atoms with Crippen LogP contribution in [-0.2, 0) is 23.0 Å². The van der Waals surface area contributed by atoms with Crippen LogP contribution in [0.4, 0.5) is 15.2 Å². The van der Waals surface area contributed by atoms with Gasteiger partial charge in [0.2, 0.25) is 10.0 Å². The molecule has 0 fully saturated rings. The van der Waals surface area contributed by atoms with Crippen molar-refractivity contribution >= 4 is 32.2 Å². The van der Waals surface area contributed by atoms with Gasteiger partial charge in [0.05, 0.1) is 17.6 Å². The van der Waals surface area contributed by atoms with Crippen molar-refractivity contribution in [3.63, 3.8) is 0 Å². The highest BCUT2D eigenvalue weighted by molar-refractivity contribution is 7.92. The first-order valence-electron chi connectivity index (χ1n) is 8.88. The molecule has 0 aliphatic carbocycles. The second-order valence-corrected chi connectivity index (χ2v) is 9.69. The zero-order valence-electron chi connectivity index (χ0n) is 15.5. The van der Waals surface area contributed by atoms with Crippen molar-refractivity contribution < 1.29 is 12.8 Å². The van der Waals surface area contributed by atoms with Gasteiger partial charge in [0.1, 0.15) is 5.82 Å². The molecule has 1 aliphatic heterocycles. The van der Waals surface area contributed by atoms with Gasteiger partial charge in [-0.2, -0.15) is 0 Å². The van der Waals surface area contributed by atoms with Crippen molar-refractivity contribution in [2.24, 2.45) is 0 Å². The molecule has 0 bridgehead atoms. The summed E-state index contributed by atoms with van der Waals surface area (Å²) in [5.41, 5.74) is 4.56. The fourth-order valence-corrected chi connectivity index (χ4v) is 5.52. The van der Waals surface area contributed by atoms with Crippen LogP contribution in [0.15, 0.2) is 47.8 Å². The van der Waals surface area contributed by atoms with Crippen molar-refractivity contribution in [3.05, 3.63) is 64.8 Å². The molecule has 0 saturated carbocycles. The summed E-state index contributed by atoms with van der Waals surface area (Å²) in [6.07, 6.45) is 1.93. The maximum Gasteiger partial charge on any atom is 0.232 e. The third kappa shape index (κ3) is 3.74. The van der Waals surface area contributed by atoms with E-state index in [1.165, 1.54) is 34.0 Å². The SMILES string of the molecule is C[C@H]1Cc2cc(-c3csc(NCc4ccc(F)cc4)n3)ccc2N1S(C)(=O)=O. The van der Waals surface area contributed by atoms with Crippen LogP contribution in [0, 0.1) is 5.82 Å². The van der Waals surface area contributed by atoms with E-state index >= 15 is 0 Å². The van der Waals surface area contributed by atoms with Crippen LogP contribution in [0.2, 0.25) is 0 Å². The molecule has 0 unspecified atom stereocenters. The lowest BCUT2D eigenvalue weighted by molar-refractivity contribution is 0.590. The highest BCUT2D eigenvalue weighted by Crippen LogP contribution is 2.37. The number of thiazole rings is 1. The number of benzene rings is 2. The molecular weight excluding hydrogens is 397 g/mol. The summed E-state index contributed by atoms with van der Waals surface area (Å²) in [7, 11) is -3.29. The molecule has 0 saturated heterocycles. The lowest BCUT2D eigenvalue weighted by Crippen LogP contribution is -2.34. The molecule has 1 aromatic heterocycles. The minimum absolute atomic E-state index is 0.0800. The summed E-state index contributed by atoms with van der Waals surface area (Å²) >= 11 is 1.50. The number of fused-ring (bicyclic) bond motifs is 1. The molecule has 0 spiro atoms. The van der Waals surface area contributed by atoms with Gasteiger partial charge < -0.3 is 5.32 Å². The number of nitrogens with zero attached hydrogens (tertiary/aromatic N) is 2. The number of aromatic nitrogens is 1. The van der Waals surface area contributed by atoms with Gasteiger partial charge in [0, 0.05) is 23.5 Å². The summed E-state index contributed by atoms with van der Waals surface area (Å²) in [5, 5.41) is 6.01. The molecule has 28 heavy (non-hydrogen) atoms. The molecule has 3 aromatic rings. The lowest BCUT2D eigenvalue weighted by Gasteiger charge is -2.21. The summed E-state index contributed by atoms with van der Waals surface area (Å²) in [4.78, 5) is 4.63. The van der Waals surface area contributed by atoms with Gasteiger partial charge in [-0.3, -0.25) is 4.31 Å². The quantitative estimate of drug-likeness (QED) is 0.673. The van der Waals surface area contributed by atoms with E-state index in [0.29, 0.717) is 13.0 Å². The normalized spacial score (nSPS) is 16.2. The Hall–Kier alpha value is -2.45. The van der Waals surface area contributed by atoms with E-state index in [2.05, 4.69) is 10.3 Å². The highest BCUT2D eigenvalue weighted by atomic mass is 32.2. The predicted octanol–water partition coefficient (Wildman–Crippen LogP) is 4.27. The maximum atomic E-state index is 13.0. The molecule has 8 heteroatoms. The topological polar surface area (TPSA) is 62.3 Å². The van der Waals surface area contributed by atoms with E-state index < -0.39 is 10.0 Å². The molecule has 2 aromatic carbocycles. The van der Waals surface area contributed by atoms with Crippen LogP contribution in [-0.4, -0.2) is 25.7 Å². The Morgan fingerprint density at radius 3 is 2.71 bits per heavy atom. The number of nitrogens with one attached hydrogen (secondary N) is 1. The number of rotatable bonds is 5. The summed E-state index contributed by atoms with van der Waals surface area (Å²) in [6.45, 7) is 2.49. The van der Waals surface area contributed by atoms with Crippen LogP contribution in [0.25, 0.3) is 11.3 Å². The molecule has 2 heterocycles. The zero-order chi connectivity index (χ0) is 19.9. The van der Waals surface area contributed by atoms with Gasteiger partial charge in [-0.15, -0.1) is 11.3 Å². The first kappa shape index (κ1) is 18.9. The predicted molar refractivity (Wildman–Crippen MR) is 112 cm³/mol. The van der Waals surface area contributed by atoms with Gasteiger partial charge in [-0.25, -0.2) is 17.8 Å². The number of hydrogen-bond donors (Lipinski definition) is 1. The van der Waals surface area contributed by atoms with Crippen LogP contribution in [0.1, 0.15) is 18.1 Å². The molecule has 1 N–H and O–H groups in total. The molecule has 1 atom stereocenters. The first-order valence-corrected chi connectivity index (χ1v) is 11.6. The van der Waals surface area contributed by atoms with Gasteiger partial charge in [0.25, 0.3) is 0 Å². The Kier molecular flexibility index (Phi) is 4.84. The Morgan fingerprint density at radius 2 is 2.00 bits per heavy atom. The third-order valence-electron chi connectivity index (χ3n) is 4.75. The van der Waals surface area contributed by atoms with E-state index in [4.69, 9.17) is 0 Å². The van der Waals surface area contributed by atoms with Gasteiger partial charge >= 0.3 is 0 Å². The van der Waals surface area contributed by atoms with Crippen molar-refractivity contribution in [1.29, 1.82) is 0 Å². The van der Waals surface area contributed by atoms with Crippen LogP contribution in [0.3, 0.4) is 0 Å². The highest BCUT2D eigenvalue weighted by Gasteiger charge is 2.32. The smallest absolute Gasteiger partial charge is 0.232 e. The summed E-state index contributed by atoms with van der Waals surface area (Å²) in [5.74, 6) is -0.249. The maximum absolute atomic E-state index is 13.0. The number of halogens is 1. The fourth-order valence-electron chi connectivity index (χ4n) is 3.53. The average molecular weight is 418 g/mol. The Balaban J connectivity index is 1.52. The van der Waals surface area contributed by atoms with Crippen LogP contribution in [0.5, 0.6) is 0 Å². The molecule has 1 aliphatic rings. The lowest BCUT2D eigenvalue weighted by atomic mass is 10.1. The monoisotopic (exact) mass is 417 g/mol. The van der Waals surface area contributed by atoms with E-state index in [0.717, 1.165) is 33.2 Å². The first-order chi connectivity index (χ1) is 13.3. The van der Waals surface area contributed by atoms with Crippen molar-refractivity contribution in [3.8, 4) is 11.3 Å². The van der Waals surface area contributed by atoms with Crippen molar-refractivity contribution in [2.45, 2.75) is 25.9 Å². The van der Waals surface area contributed by atoms with E-state index in [9.17, 15) is 12.8 Å². The van der Waals surface area contributed by atoms with Gasteiger partial charge in [-0.1, -0.05) is 18.2 Å². The Labute approximate surface area is 167 Å². The third-order valence-corrected chi connectivity index (χ3v) is 6.82. The molecular formula is C20H20FN3O2S2. The second kappa shape index (κ2) is 7.18. The van der Waals surface area contributed by atoms with Gasteiger partial charge in [-0.05, 0) is 48.7 Å². The van der Waals surface area contributed by atoms with Crippen LogP contribution >= 0.6 is 11.3 Å². The molecule has 0 radical (unpaired) electrons. The zero-order valence-corrected chi connectivity index (χ0v) is 17.1. The average Bonchev–Trinajstić information content (AvgIpc) is 3.23. The van der Waals surface area contributed by atoms with Crippen molar-refractivity contribution in [2.75, 3.05) is 15.9 Å². The summed E-state index contributed by atoms with van der Waals surface area (Å²) < 4.78 is 38.6. The summed E-state index contributed by atoms with van der Waals surface area (Å²) in [6, 6.07) is 12.1. The standard InChI is InChI=1S/C20H20FN3O2S2/c1-13-9-16-10-15(5-8-19(16)24(13)28(2,25)26)18-12-27-20(23-18)22-11-14-3-6-17(21)7-4-14/h3-8,10,12-13H,9,11H2,1-2H3,(H,22,23)/t13-/m0/s1. The van der Waals surface area contributed by atoms with E-state index in [1.54, 1.807) is 12.1 Å². The molecule has 146 valence electrons. The van der Waals surface area contributed by atoms with Crippen LogP contribution < -0.4 is 9.62 Å². The Bertz CT molecular complexity index is 1110. The fraction of sp³-hybridized carbons (Fsp3) is 0.250. The minimum atomic E-state index is -3.29. The van der Waals surface area contributed by atoms with E-state index in [-0.39, 0.29) is 11.9 Å². The Morgan fingerprint density at radius 1 is 1.25 bits per heavy atom. The minimum Gasteiger partial charge on any atom is -0.357 e. The second-order valence-electron chi connectivity index (χ2n) is 6.97. The number of sulfonamides is 1.